The van der Waals surface area contributed by atoms with Gasteiger partial charge in [0.05, 0.1) is 5.69 Å². The van der Waals surface area contributed by atoms with Gasteiger partial charge in [0.15, 0.2) is 11.9 Å². The fraction of sp³-hybridized carbons (Fsp3) is 0.235. The standard InChI is InChI=1S/C17H17NO4S/c1-10-8-9-23-15(10)17(21)22-12(3)16(20)18-14-7-5-4-6-13(14)11(2)19/h4-9,12H,1-3H3,(H,18,20). The first kappa shape index (κ1) is 16.9. The molecular formula is C17H17NO4S. The van der Waals surface area contributed by atoms with E-state index < -0.39 is 18.0 Å². The molecule has 0 radical (unpaired) electrons. The van der Waals surface area contributed by atoms with Crippen LogP contribution in [-0.2, 0) is 9.53 Å². The van der Waals surface area contributed by atoms with Crippen molar-refractivity contribution in [2.45, 2.75) is 26.9 Å². The molecular weight excluding hydrogens is 314 g/mol. The van der Waals surface area contributed by atoms with Crippen molar-refractivity contribution in [1.29, 1.82) is 0 Å². The van der Waals surface area contributed by atoms with Crippen LogP contribution in [0, 0.1) is 6.92 Å². The number of benzene rings is 1. The fourth-order valence-corrected chi connectivity index (χ4v) is 2.79. The Morgan fingerprint density at radius 3 is 2.48 bits per heavy atom. The topological polar surface area (TPSA) is 72.5 Å². The Bertz CT molecular complexity index is 751. The van der Waals surface area contributed by atoms with Crippen LogP contribution in [0.1, 0.15) is 39.4 Å². The number of rotatable bonds is 5. The van der Waals surface area contributed by atoms with Crippen LogP contribution < -0.4 is 5.32 Å². The fourth-order valence-electron chi connectivity index (χ4n) is 1.98. The molecule has 0 saturated heterocycles. The molecule has 0 fully saturated rings. The van der Waals surface area contributed by atoms with Gasteiger partial charge in [-0.1, -0.05) is 12.1 Å². The Hall–Kier alpha value is -2.47. The van der Waals surface area contributed by atoms with Crippen molar-refractivity contribution in [1.82, 2.24) is 0 Å². The zero-order valence-electron chi connectivity index (χ0n) is 13.1. The number of nitrogens with one attached hydrogen (secondary N) is 1. The molecule has 6 heteroatoms. The number of aryl methyl sites for hydroxylation is 1. The molecule has 1 aromatic heterocycles. The third kappa shape index (κ3) is 4.04. The van der Waals surface area contributed by atoms with Gasteiger partial charge in [-0.25, -0.2) is 4.79 Å². The number of ether oxygens (including phenoxy) is 1. The molecule has 120 valence electrons. The first-order valence-corrected chi connectivity index (χ1v) is 7.94. The number of carbonyl (C=O) groups is 3. The van der Waals surface area contributed by atoms with E-state index >= 15 is 0 Å². The lowest BCUT2D eigenvalue weighted by Gasteiger charge is -2.14. The van der Waals surface area contributed by atoms with Crippen LogP contribution >= 0.6 is 11.3 Å². The molecule has 1 N–H and O–H groups in total. The molecule has 1 atom stereocenters. The zero-order valence-corrected chi connectivity index (χ0v) is 13.9. The van der Waals surface area contributed by atoms with Crippen LogP contribution in [-0.4, -0.2) is 23.8 Å². The van der Waals surface area contributed by atoms with Crippen molar-refractivity contribution in [3.63, 3.8) is 0 Å². The van der Waals surface area contributed by atoms with Crippen molar-refractivity contribution in [3.05, 3.63) is 51.7 Å². The Labute approximate surface area is 138 Å². The highest BCUT2D eigenvalue weighted by atomic mass is 32.1. The number of amides is 1. The third-order valence-corrected chi connectivity index (χ3v) is 4.26. The average Bonchev–Trinajstić information content (AvgIpc) is 2.93. The van der Waals surface area contributed by atoms with Crippen molar-refractivity contribution < 1.29 is 19.1 Å². The molecule has 1 amide bonds. The number of hydrogen-bond acceptors (Lipinski definition) is 5. The zero-order chi connectivity index (χ0) is 17.0. The molecule has 0 bridgehead atoms. The maximum Gasteiger partial charge on any atom is 0.349 e. The van der Waals surface area contributed by atoms with E-state index in [-0.39, 0.29) is 5.78 Å². The molecule has 5 nitrogen and oxygen atoms in total. The van der Waals surface area contributed by atoms with Gasteiger partial charge in [-0.2, -0.15) is 0 Å². The van der Waals surface area contributed by atoms with E-state index in [9.17, 15) is 14.4 Å². The van der Waals surface area contributed by atoms with Crippen LogP contribution in [0.2, 0.25) is 0 Å². The van der Waals surface area contributed by atoms with Gasteiger partial charge >= 0.3 is 5.97 Å². The quantitative estimate of drug-likeness (QED) is 0.673. The number of hydrogen-bond donors (Lipinski definition) is 1. The summed E-state index contributed by atoms with van der Waals surface area (Å²) in [6.45, 7) is 4.72. The molecule has 1 heterocycles. The molecule has 2 rings (SSSR count). The number of thiophene rings is 1. The van der Waals surface area contributed by atoms with Gasteiger partial charge in [-0.05, 0) is 49.9 Å². The van der Waals surface area contributed by atoms with Crippen molar-refractivity contribution in [2.75, 3.05) is 5.32 Å². The van der Waals surface area contributed by atoms with E-state index in [1.54, 1.807) is 36.6 Å². The molecule has 1 unspecified atom stereocenters. The Kier molecular flexibility index (Phi) is 5.28. The molecule has 2 aromatic rings. The van der Waals surface area contributed by atoms with Crippen molar-refractivity contribution >= 4 is 34.7 Å². The summed E-state index contributed by atoms with van der Waals surface area (Å²) in [6.07, 6.45) is -0.969. The van der Waals surface area contributed by atoms with E-state index in [1.165, 1.54) is 25.2 Å². The third-order valence-electron chi connectivity index (χ3n) is 3.26. The Balaban J connectivity index is 2.05. The number of Topliss-reactive ketones (excluding diaryl/α,β-unsaturated/α-hetero) is 1. The molecule has 0 aliphatic heterocycles. The van der Waals surface area contributed by atoms with E-state index in [0.29, 0.717) is 16.1 Å². The first-order chi connectivity index (χ1) is 10.9. The van der Waals surface area contributed by atoms with Gasteiger partial charge in [0.2, 0.25) is 0 Å². The normalized spacial score (nSPS) is 11.6. The molecule has 0 spiro atoms. The molecule has 23 heavy (non-hydrogen) atoms. The van der Waals surface area contributed by atoms with Crippen LogP contribution in [0.4, 0.5) is 5.69 Å². The van der Waals surface area contributed by atoms with E-state index in [4.69, 9.17) is 4.74 Å². The minimum atomic E-state index is -0.969. The predicted molar refractivity (Wildman–Crippen MR) is 89.0 cm³/mol. The highest BCUT2D eigenvalue weighted by Gasteiger charge is 2.21. The molecule has 0 saturated carbocycles. The van der Waals surface area contributed by atoms with E-state index in [0.717, 1.165) is 5.56 Å². The highest BCUT2D eigenvalue weighted by Crippen LogP contribution is 2.19. The molecule has 0 aliphatic rings. The van der Waals surface area contributed by atoms with E-state index in [1.807, 2.05) is 6.07 Å². The minimum absolute atomic E-state index is 0.153. The molecule has 1 aromatic carbocycles. The second-order valence-corrected chi connectivity index (χ2v) is 5.99. The Morgan fingerprint density at radius 1 is 1.17 bits per heavy atom. The monoisotopic (exact) mass is 331 g/mol. The maximum atomic E-state index is 12.2. The van der Waals surface area contributed by atoms with Crippen LogP contribution in [0.3, 0.4) is 0 Å². The number of ketones is 1. The first-order valence-electron chi connectivity index (χ1n) is 7.06. The summed E-state index contributed by atoms with van der Waals surface area (Å²) in [4.78, 5) is 36.2. The number of esters is 1. The summed E-state index contributed by atoms with van der Waals surface area (Å²) in [7, 11) is 0. The van der Waals surface area contributed by atoms with Crippen LogP contribution in [0.15, 0.2) is 35.7 Å². The smallest absolute Gasteiger partial charge is 0.349 e. The predicted octanol–water partition coefficient (Wildman–Crippen LogP) is 3.44. The lowest BCUT2D eigenvalue weighted by Crippen LogP contribution is -2.30. The largest absolute Gasteiger partial charge is 0.448 e. The van der Waals surface area contributed by atoms with Gasteiger partial charge in [-0.3, -0.25) is 9.59 Å². The van der Waals surface area contributed by atoms with Gasteiger partial charge in [-0.15, -0.1) is 11.3 Å². The Morgan fingerprint density at radius 2 is 1.87 bits per heavy atom. The van der Waals surface area contributed by atoms with Gasteiger partial charge in [0, 0.05) is 5.56 Å². The summed E-state index contributed by atoms with van der Waals surface area (Å²) < 4.78 is 5.18. The summed E-state index contributed by atoms with van der Waals surface area (Å²) in [6, 6.07) is 8.51. The van der Waals surface area contributed by atoms with Gasteiger partial charge in [0.25, 0.3) is 5.91 Å². The second kappa shape index (κ2) is 7.19. The van der Waals surface area contributed by atoms with E-state index in [2.05, 4.69) is 5.32 Å². The van der Waals surface area contributed by atoms with Gasteiger partial charge < -0.3 is 10.1 Å². The van der Waals surface area contributed by atoms with Crippen LogP contribution in [0.25, 0.3) is 0 Å². The minimum Gasteiger partial charge on any atom is -0.448 e. The highest BCUT2D eigenvalue weighted by molar-refractivity contribution is 7.12. The SMILES string of the molecule is CC(=O)c1ccccc1NC(=O)C(C)OC(=O)c1sccc1C. The second-order valence-electron chi connectivity index (χ2n) is 5.07. The summed E-state index contributed by atoms with van der Waals surface area (Å²) in [5.41, 5.74) is 1.63. The number of carbonyl (C=O) groups excluding carboxylic acids is 3. The van der Waals surface area contributed by atoms with Gasteiger partial charge in [0.1, 0.15) is 4.88 Å². The van der Waals surface area contributed by atoms with Crippen LogP contribution in [0.5, 0.6) is 0 Å². The summed E-state index contributed by atoms with van der Waals surface area (Å²) in [5.74, 6) is -1.17. The lowest BCUT2D eigenvalue weighted by molar-refractivity contribution is -0.123. The number of anilines is 1. The maximum absolute atomic E-state index is 12.2. The van der Waals surface area contributed by atoms with Crippen molar-refractivity contribution in [3.8, 4) is 0 Å². The summed E-state index contributed by atoms with van der Waals surface area (Å²) >= 11 is 1.27. The average molecular weight is 331 g/mol. The lowest BCUT2D eigenvalue weighted by atomic mass is 10.1. The summed E-state index contributed by atoms with van der Waals surface area (Å²) in [5, 5.41) is 4.41. The van der Waals surface area contributed by atoms with Crippen molar-refractivity contribution in [2.24, 2.45) is 0 Å². The molecule has 0 aliphatic carbocycles. The number of para-hydroxylation sites is 1.